The van der Waals surface area contributed by atoms with E-state index < -0.39 is 0 Å². The fourth-order valence-corrected chi connectivity index (χ4v) is 3.11. The molecule has 0 aromatic carbocycles. The van der Waals surface area contributed by atoms with E-state index in [1.165, 1.54) is 12.8 Å². The SMILES string of the molecule is CC(=O)C(CC1CC1)NC(=O)C1C[C@@H](C(C)C)CN1C. The van der Waals surface area contributed by atoms with E-state index in [4.69, 9.17) is 0 Å². The van der Waals surface area contributed by atoms with Gasteiger partial charge < -0.3 is 5.32 Å². The number of nitrogens with one attached hydrogen (secondary N) is 1. The minimum Gasteiger partial charge on any atom is -0.345 e. The van der Waals surface area contributed by atoms with Gasteiger partial charge in [-0.15, -0.1) is 0 Å². The van der Waals surface area contributed by atoms with Gasteiger partial charge in [-0.25, -0.2) is 0 Å². The van der Waals surface area contributed by atoms with Crippen LogP contribution >= 0.6 is 0 Å². The number of likely N-dealkylation sites (tertiary alicyclic amines) is 1. The lowest BCUT2D eigenvalue weighted by atomic mass is 9.93. The van der Waals surface area contributed by atoms with Crippen molar-refractivity contribution in [2.24, 2.45) is 17.8 Å². The lowest BCUT2D eigenvalue weighted by molar-refractivity contribution is -0.129. The Morgan fingerprint density at radius 2 is 1.95 bits per heavy atom. The van der Waals surface area contributed by atoms with Gasteiger partial charge in [0.05, 0.1) is 12.1 Å². The number of likely N-dealkylation sites (N-methyl/N-ethyl adjacent to an activating group) is 1. The predicted molar refractivity (Wildman–Crippen MR) is 79.3 cm³/mol. The maximum Gasteiger partial charge on any atom is 0.237 e. The number of hydrogen-bond acceptors (Lipinski definition) is 3. The maximum atomic E-state index is 12.4. The van der Waals surface area contributed by atoms with Gasteiger partial charge in [0, 0.05) is 6.54 Å². The number of nitrogens with zero attached hydrogens (tertiary/aromatic N) is 1. The number of hydrogen-bond donors (Lipinski definition) is 1. The zero-order valence-electron chi connectivity index (χ0n) is 13.2. The van der Waals surface area contributed by atoms with Gasteiger partial charge in [-0.05, 0) is 44.6 Å². The van der Waals surface area contributed by atoms with Crippen LogP contribution in [0, 0.1) is 17.8 Å². The molecule has 1 aliphatic carbocycles. The van der Waals surface area contributed by atoms with Crippen LogP contribution in [-0.2, 0) is 9.59 Å². The number of rotatable bonds is 6. The van der Waals surface area contributed by atoms with Crippen LogP contribution in [0.2, 0.25) is 0 Å². The van der Waals surface area contributed by atoms with E-state index in [0.29, 0.717) is 17.8 Å². The second kappa shape index (κ2) is 6.25. The minimum atomic E-state index is -0.276. The quantitative estimate of drug-likeness (QED) is 0.807. The summed E-state index contributed by atoms with van der Waals surface area (Å²) in [7, 11) is 2.01. The third-order valence-electron chi connectivity index (χ3n) is 4.90. The van der Waals surface area contributed by atoms with E-state index >= 15 is 0 Å². The third-order valence-corrected chi connectivity index (χ3v) is 4.90. The summed E-state index contributed by atoms with van der Waals surface area (Å²) in [5.41, 5.74) is 0. The fourth-order valence-electron chi connectivity index (χ4n) is 3.11. The number of carbonyl (C=O) groups excluding carboxylic acids is 2. The molecule has 1 aliphatic heterocycles. The van der Waals surface area contributed by atoms with Gasteiger partial charge in [0.1, 0.15) is 0 Å². The predicted octanol–water partition coefficient (Wildman–Crippen LogP) is 1.84. The number of carbonyl (C=O) groups is 2. The van der Waals surface area contributed by atoms with Crippen molar-refractivity contribution >= 4 is 11.7 Å². The summed E-state index contributed by atoms with van der Waals surface area (Å²) in [4.78, 5) is 26.3. The van der Waals surface area contributed by atoms with Crippen LogP contribution in [0.15, 0.2) is 0 Å². The molecule has 1 saturated heterocycles. The monoisotopic (exact) mass is 280 g/mol. The molecule has 0 radical (unpaired) electrons. The van der Waals surface area contributed by atoms with Crippen LogP contribution < -0.4 is 5.32 Å². The van der Waals surface area contributed by atoms with Crippen molar-refractivity contribution in [1.29, 1.82) is 0 Å². The molecule has 0 spiro atoms. The Balaban J connectivity index is 1.90. The number of amides is 1. The van der Waals surface area contributed by atoms with Gasteiger partial charge in [-0.3, -0.25) is 14.5 Å². The summed E-state index contributed by atoms with van der Waals surface area (Å²) in [5.74, 6) is 1.96. The standard InChI is InChI=1S/C16H28N2O2/c1-10(2)13-8-15(18(4)9-13)16(20)17-14(11(3)19)7-12-5-6-12/h10,12-15H,5-9H2,1-4H3,(H,17,20)/t13-,14?,15?/m1/s1. The first kappa shape index (κ1) is 15.5. The van der Waals surface area contributed by atoms with Gasteiger partial charge in [0.25, 0.3) is 0 Å². The van der Waals surface area contributed by atoms with Gasteiger partial charge in [0.2, 0.25) is 5.91 Å². The van der Waals surface area contributed by atoms with E-state index in [1.807, 2.05) is 7.05 Å². The second-order valence-corrected chi connectivity index (χ2v) is 7.05. The minimum absolute atomic E-state index is 0.0384. The molecule has 1 saturated carbocycles. The smallest absolute Gasteiger partial charge is 0.237 e. The Bertz CT molecular complexity index is 377. The molecule has 1 amide bonds. The molecule has 2 unspecified atom stereocenters. The van der Waals surface area contributed by atoms with Crippen LogP contribution in [0.3, 0.4) is 0 Å². The van der Waals surface area contributed by atoms with Gasteiger partial charge >= 0.3 is 0 Å². The Morgan fingerprint density at radius 3 is 2.40 bits per heavy atom. The van der Waals surface area contributed by atoms with Gasteiger partial charge in [0.15, 0.2) is 5.78 Å². The van der Waals surface area contributed by atoms with Crippen molar-refractivity contribution in [2.45, 2.75) is 58.5 Å². The maximum absolute atomic E-state index is 12.4. The van der Waals surface area contributed by atoms with Crippen LogP contribution in [0.4, 0.5) is 0 Å². The Kier molecular flexibility index (Phi) is 4.84. The van der Waals surface area contributed by atoms with Crippen LogP contribution in [0.5, 0.6) is 0 Å². The molecule has 2 aliphatic rings. The van der Waals surface area contributed by atoms with E-state index in [9.17, 15) is 9.59 Å². The summed E-state index contributed by atoms with van der Waals surface area (Å²) in [6.45, 7) is 6.99. The lowest BCUT2D eigenvalue weighted by Gasteiger charge is -2.22. The third kappa shape index (κ3) is 3.81. The second-order valence-electron chi connectivity index (χ2n) is 7.05. The van der Waals surface area contributed by atoms with Gasteiger partial charge in [-0.2, -0.15) is 0 Å². The Hall–Kier alpha value is -0.900. The summed E-state index contributed by atoms with van der Waals surface area (Å²) in [6, 6.07) is -0.343. The number of Topliss-reactive ketones (excluding diaryl/α,β-unsaturated/α-hetero) is 1. The van der Waals surface area contributed by atoms with Crippen molar-refractivity contribution in [2.75, 3.05) is 13.6 Å². The van der Waals surface area contributed by atoms with Crippen molar-refractivity contribution in [3.05, 3.63) is 0 Å². The molecule has 20 heavy (non-hydrogen) atoms. The first-order valence-corrected chi connectivity index (χ1v) is 7.89. The van der Waals surface area contributed by atoms with Crippen molar-refractivity contribution in [1.82, 2.24) is 10.2 Å². The average Bonchev–Trinajstić information content (AvgIpc) is 3.08. The summed E-state index contributed by atoms with van der Waals surface area (Å²) in [5, 5.41) is 2.99. The molecule has 114 valence electrons. The van der Waals surface area contributed by atoms with Crippen LogP contribution in [0.1, 0.15) is 46.5 Å². The molecular weight excluding hydrogens is 252 g/mol. The van der Waals surface area contributed by atoms with Crippen LogP contribution in [-0.4, -0.2) is 42.3 Å². The first-order valence-electron chi connectivity index (χ1n) is 7.89. The lowest BCUT2D eigenvalue weighted by Crippen LogP contribution is -2.48. The normalized spacial score (nSPS) is 28.6. The Morgan fingerprint density at radius 1 is 1.30 bits per heavy atom. The van der Waals surface area contributed by atoms with E-state index in [1.54, 1.807) is 6.92 Å². The molecule has 1 N–H and O–H groups in total. The molecule has 2 fully saturated rings. The van der Waals surface area contributed by atoms with E-state index in [0.717, 1.165) is 19.4 Å². The van der Waals surface area contributed by atoms with Crippen molar-refractivity contribution in [3.63, 3.8) is 0 Å². The largest absolute Gasteiger partial charge is 0.345 e. The molecular formula is C16H28N2O2. The highest BCUT2D eigenvalue weighted by Crippen LogP contribution is 2.34. The van der Waals surface area contributed by atoms with Crippen LogP contribution in [0.25, 0.3) is 0 Å². The van der Waals surface area contributed by atoms with Crippen molar-refractivity contribution in [3.8, 4) is 0 Å². The highest BCUT2D eigenvalue weighted by Gasteiger charge is 2.37. The van der Waals surface area contributed by atoms with Gasteiger partial charge in [-0.1, -0.05) is 26.7 Å². The average molecular weight is 280 g/mol. The van der Waals surface area contributed by atoms with E-state index in [2.05, 4.69) is 24.1 Å². The molecule has 4 heteroatoms. The first-order chi connectivity index (χ1) is 9.38. The highest BCUT2D eigenvalue weighted by atomic mass is 16.2. The summed E-state index contributed by atoms with van der Waals surface area (Å²) in [6.07, 6.45) is 4.15. The topological polar surface area (TPSA) is 49.4 Å². The summed E-state index contributed by atoms with van der Waals surface area (Å²) < 4.78 is 0. The molecule has 0 aromatic rings. The zero-order valence-corrected chi connectivity index (χ0v) is 13.2. The molecule has 3 atom stereocenters. The molecule has 4 nitrogen and oxygen atoms in total. The highest BCUT2D eigenvalue weighted by molar-refractivity contribution is 5.89. The Labute approximate surface area is 122 Å². The zero-order chi connectivity index (χ0) is 14.9. The summed E-state index contributed by atoms with van der Waals surface area (Å²) >= 11 is 0. The molecule has 2 rings (SSSR count). The molecule has 0 aromatic heterocycles. The molecule has 1 heterocycles. The molecule has 0 bridgehead atoms. The number of ketones is 1. The van der Waals surface area contributed by atoms with E-state index in [-0.39, 0.29) is 23.8 Å². The van der Waals surface area contributed by atoms with Crippen molar-refractivity contribution < 1.29 is 9.59 Å². The fraction of sp³-hybridized carbons (Fsp3) is 0.875.